The minimum atomic E-state index is 0.561. The number of benzene rings is 2. The molecule has 2 aromatic carbocycles. The first-order chi connectivity index (χ1) is 11.6. The normalized spacial score (nSPS) is 10.8. The van der Waals surface area contributed by atoms with E-state index < -0.39 is 0 Å². The predicted molar refractivity (Wildman–Crippen MR) is 96.6 cm³/mol. The highest BCUT2D eigenvalue weighted by molar-refractivity contribution is 7.99. The minimum Gasteiger partial charge on any atom is -0.492 e. The van der Waals surface area contributed by atoms with E-state index >= 15 is 0 Å². The molecule has 24 heavy (non-hydrogen) atoms. The Kier molecular flexibility index (Phi) is 5.20. The van der Waals surface area contributed by atoms with E-state index in [1.807, 2.05) is 38.1 Å². The molecule has 3 aromatic rings. The summed E-state index contributed by atoms with van der Waals surface area (Å²) in [5, 5.41) is 8.80. The zero-order valence-electron chi connectivity index (χ0n) is 14.1. The van der Waals surface area contributed by atoms with Crippen LogP contribution in [-0.4, -0.2) is 22.6 Å². The number of thioether (sulfide) groups is 1. The van der Waals surface area contributed by atoms with Gasteiger partial charge < -0.3 is 9.15 Å². The van der Waals surface area contributed by atoms with Crippen LogP contribution in [0.2, 0.25) is 0 Å². The Morgan fingerprint density at radius 2 is 1.83 bits per heavy atom. The Morgan fingerprint density at radius 1 is 1.00 bits per heavy atom. The fourth-order valence-corrected chi connectivity index (χ4v) is 2.91. The van der Waals surface area contributed by atoms with E-state index in [1.54, 1.807) is 0 Å². The minimum absolute atomic E-state index is 0.561. The summed E-state index contributed by atoms with van der Waals surface area (Å²) in [6, 6.07) is 14.2. The standard InChI is InChI=1S/C19H20N2O2S/c1-13-8-9-15(3)17(12-13)22-10-11-24-19-21-20-18(23-19)16-7-5-4-6-14(16)2/h4-9,12H,10-11H2,1-3H3. The van der Waals surface area contributed by atoms with Gasteiger partial charge in [0.1, 0.15) is 5.75 Å². The molecule has 0 amide bonds. The number of hydrogen-bond acceptors (Lipinski definition) is 5. The van der Waals surface area contributed by atoms with Crippen LogP contribution < -0.4 is 4.74 Å². The molecule has 0 fully saturated rings. The van der Waals surface area contributed by atoms with Crippen LogP contribution in [0.5, 0.6) is 5.75 Å². The highest BCUT2D eigenvalue weighted by Crippen LogP contribution is 2.25. The molecule has 1 aromatic heterocycles. The van der Waals surface area contributed by atoms with Gasteiger partial charge in [-0.1, -0.05) is 42.1 Å². The van der Waals surface area contributed by atoms with E-state index in [9.17, 15) is 0 Å². The van der Waals surface area contributed by atoms with Crippen LogP contribution in [-0.2, 0) is 0 Å². The summed E-state index contributed by atoms with van der Waals surface area (Å²) >= 11 is 1.51. The molecule has 0 unspecified atom stereocenters. The van der Waals surface area contributed by atoms with Gasteiger partial charge in [-0.25, -0.2) is 0 Å². The average Bonchev–Trinajstić information content (AvgIpc) is 3.04. The van der Waals surface area contributed by atoms with Crippen molar-refractivity contribution in [2.24, 2.45) is 0 Å². The van der Waals surface area contributed by atoms with Gasteiger partial charge in [0.05, 0.1) is 6.61 Å². The summed E-state index contributed by atoms with van der Waals surface area (Å²) in [6.45, 7) is 6.74. The Hall–Kier alpha value is -2.27. The summed E-state index contributed by atoms with van der Waals surface area (Å²) in [5.74, 6) is 2.25. The summed E-state index contributed by atoms with van der Waals surface area (Å²) in [6.07, 6.45) is 0. The van der Waals surface area contributed by atoms with E-state index in [2.05, 4.69) is 35.3 Å². The topological polar surface area (TPSA) is 48.2 Å². The van der Waals surface area contributed by atoms with E-state index in [1.165, 1.54) is 17.3 Å². The van der Waals surface area contributed by atoms with Gasteiger partial charge >= 0.3 is 0 Å². The molecule has 0 saturated carbocycles. The first kappa shape index (κ1) is 16.6. The molecule has 0 saturated heterocycles. The number of rotatable bonds is 6. The van der Waals surface area contributed by atoms with E-state index in [0.29, 0.717) is 17.7 Å². The van der Waals surface area contributed by atoms with E-state index in [0.717, 1.165) is 28.2 Å². The monoisotopic (exact) mass is 340 g/mol. The second-order valence-electron chi connectivity index (χ2n) is 5.65. The molecule has 0 aliphatic heterocycles. The number of aromatic nitrogens is 2. The van der Waals surface area contributed by atoms with Crippen molar-refractivity contribution in [3.8, 4) is 17.2 Å². The molecule has 0 aliphatic carbocycles. The van der Waals surface area contributed by atoms with E-state index in [-0.39, 0.29) is 0 Å². The number of aryl methyl sites for hydroxylation is 3. The Balaban J connectivity index is 1.55. The van der Waals surface area contributed by atoms with Gasteiger partial charge in [0.15, 0.2) is 0 Å². The lowest BCUT2D eigenvalue weighted by atomic mass is 10.1. The lowest BCUT2D eigenvalue weighted by molar-refractivity contribution is 0.340. The lowest BCUT2D eigenvalue weighted by Gasteiger charge is -2.08. The fourth-order valence-electron chi connectivity index (χ4n) is 2.33. The van der Waals surface area contributed by atoms with Crippen molar-refractivity contribution in [3.63, 3.8) is 0 Å². The third-order valence-corrected chi connectivity index (χ3v) is 4.47. The van der Waals surface area contributed by atoms with Crippen molar-refractivity contribution in [2.75, 3.05) is 12.4 Å². The zero-order chi connectivity index (χ0) is 16.9. The molecular formula is C19H20N2O2S. The highest BCUT2D eigenvalue weighted by atomic mass is 32.2. The van der Waals surface area contributed by atoms with Gasteiger partial charge in [0.2, 0.25) is 5.89 Å². The molecule has 0 atom stereocenters. The van der Waals surface area contributed by atoms with Gasteiger partial charge in [-0.05, 0) is 49.6 Å². The molecule has 0 aliphatic rings. The first-order valence-electron chi connectivity index (χ1n) is 7.86. The summed E-state index contributed by atoms with van der Waals surface area (Å²) in [5.41, 5.74) is 4.44. The first-order valence-corrected chi connectivity index (χ1v) is 8.84. The SMILES string of the molecule is Cc1ccc(C)c(OCCSc2nnc(-c3ccccc3C)o2)c1. The summed E-state index contributed by atoms with van der Waals surface area (Å²) in [7, 11) is 0. The van der Waals surface area contributed by atoms with Crippen LogP contribution in [0.25, 0.3) is 11.5 Å². The second-order valence-corrected chi connectivity index (χ2v) is 6.70. The molecule has 0 N–H and O–H groups in total. The maximum absolute atomic E-state index is 5.84. The smallest absolute Gasteiger partial charge is 0.276 e. The molecule has 3 rings (SSSR count). The van der Waals surface area contributed by atoms with Crippen LogP contribution in [0.1, 0.15) is 16.7 Å². The van der Waals surface area contributed by atoms with Crippen molar-refractivity contribution >= 4 is 11.8 Å². The molecule has 5 heteroatoms. The van der Waals surface area contributed by atoms with Crippen LogP contribution in [0.15, 0.2) is 52.1 Å². The van der Waals surface area contributed by atoms with Crippen molar-refractivity contribution in [3.05, 3.63) is 59.2 Å². The van der Waals surface area contributed by atoms with Crippen LogP contribution >= 0.6 is 11.8 Å². The largest absolute Gasteiger partial charge is 0.492 e. The average molecular weight is 340 g/mol. The molecule has 0 radical (unpaired) electrons. The molecule has 0 spiro atoms. The number of ether oxygens (including phenoxy) is 1. The number of nitrogens with zero attached hydrogens (tertiary/aromatic N) is 2. The maximum atomic E-state index is 5.84. The third kappa shape index (κ3) is 3.97. The van der Waals surface area contributed by atoms with Crippen molar-refractivity contribution < 1.29 is 9.15 Å². The molecule has 1 heterocycles. The van der Waals surface area contributed by atoms with Crippen molar-refractivity contribution in [1.29, 1.82) is 0 Å². The van der Waals surface area contributed by atoms with E-state index in [4.69, 9.17) is 9.15 Å². The predicted octanol–water partition coefficient (Wildman–Crippen LogP) is 4.83. The van der Waals surface area contributed by atoms with Crippen LogP contribution in [0, 0.1) is 20.8 Å². The molecule has 0 bridgehead atoms. The Bertz CT molecular complexity index is 830. The second kappa shape index (κ2) is 7.53. The zero-order valence-corrected chi connectivity index (χ0v) is 14.9. The third-order valence-electron chi connectivity index (χ3n) is 3.69. The molecule has 4 nitrogen and oxygen atoms in total. The Labute approximate surface area is 146 Å². The van der Waals surface area contributed by atoms with Crippen molar-refractivity contribution in [1.82, 2.24) is 10.2 Å². The van der Waals surface area contributed by atoms with Crippen molar-refractivity contribution in [2.45, 2.75) is 26.0 Å². The van der Waals surface area contributed by atoms with Gasteiger partial charge in [0, 0.05) is 11.3 Å². The maximum Gasteiger partial charge on any atom is 0.276 e. The molecule has 124 valence electrons. The highest BCUT2D eigenvalue weighted by Gasteiger charge is 2.10. The number of hydrogen-bond donors (Lipinski definition) is 0. The van der Waals surface area contributed by atoms with Gasteiger partial charge in [-0.3, -0.25) is 0 Å². The quantitative estimate of drug-likeness (QED) is 0.475. The molecular weight excluding hydrogens is 320 g/mol. The van der Waals surface area contributed by atoms with Gasteiger partial charge in [-0.15, -0.1) is 10.2 Å². The van der Waals surface area contributed by atoms with Crippen LogP contribution in [0.4, 0.5) is 0 Å². The summed E-state index contributed by atoms with van der Waals surface area (Å²) in [4.78, 5) is 0. The fraction of sp³-hybridized carbons (Fsp3) is 0.263. The Morgan fingerprint density at radius 3 is 2.67 bits per heavy atom. The van der Waals surface area contributed by atoms with Gasteiger partial charge in [-0.2, -0.15) is 0 Å². The lowest BCUT2D eigenvalue weighted by Crippen LogP contribution is -2.01. The summed E-state index contributed by atoms with van der Waals surface area (Å²) < 4.78 is 11.6. The van der Waals surface area contributed by atoms with Crippen LogP contribution in [0.3, 0.4) is 0 Å². The van der Waals surface area contributed by atoms with Gasteiger partial charge in [0.25, 0.3) is 5.22 Å².